The molecule has 1 N–H and O–H groups in total. The Balaban J connectivity index is 2.36. The molecule has 1 aliphatic rings. The molecular formula is C8H9NS. The number of pyridine rings is 1. The smallest absolute Gasteiger partial charge is 0.103 e. The van der Waals surface area contributed by atoms with Crippen LogP contribution in [0.4, 0.5) is 0 Å². The predicted octanol–water partition coefficient (Wildman–Crippen LogP) is 2.62. The summed E-state index contributed by atoms with van der Waals surface area (Å²) in [4.78, 5) is 3.04. The van der Waals surface area contributed by atoms with Crippen LogP contribution in [0.5, 0.6) is 0 Å². The predicted molar refractivity (Wildman–Crippen MR) is 43.6 cm³/mol. The van der Waals surface area contributed by atoms with Crippen molar-refractivity contribution in [3.05, 3.63) is 28.5 Å². The highest BCUT2D eigenvalue weighted by Crippen LogP contribution is 2.39. The standard InChI is InChI=1S/C8H9NS/c10-8-4-3-7(5-9-8)6-1-2-6/h3-6H,1-2H2,(H,9,10). The Bertz CT molecular complexity index is 265. The molecule has 0 aromatic carbocycles. The molecule has 10 heavy (non-hydrogen) atoms. The highest BCUT2D eigenvalue weighted by molar-refractivity contribution is 7.71. The Hall–Kier alpha value is -0.630. The largest absolute Gasteiger partial charge is 0.353 e. The lowest BCUT2D eigenvalue weighted by atomic mass is 10.2. The summed E-state index contributed by atoms with van der Waals surface area (Å²) in [6, 6.07) is 4.08. The normalized spacial score (nSPS) is 17.2. The number of nitrogens with one attached hydrogen (secondary N) is 1. The zero-order valence-electron chi connectivity index (χ0n) is 5.63. The maximum Gasteiger partial charge on any atom is 0.103 e. The summed E-state index contributed by atoms with van der Waals surface area (Å²) in [7, 11) is 0. The van der Waals surface area contributed by atoms with Gasteiger partial charge in [-0.3, -0.25) is 0 Å². The van der Waals surface area contributed by atoms with E-state index in [-0.39, 0.29) is 0 Å². The first-order valence-electron chi connectivity index (χ1n) is 3.55. The van der Waals surface area contributed by atoms with Crippen molar-refractivity contribution in [3.63, 3.8) is 0 Å². The molecule has 0 saturated heterocycles. The van der Waals surface area contributed by atoms with Crippen LogP contribution in [0.2, 0.25) is 0 Å². The fraction of sp³-hybridized carbons (Fsp3) is 0.375. The maximum absolute atomic E-state index is 4.92. The summed E-state index contributed by atoms with van der Waals surface area (Å²) < 4.78 is 0.824. The average molecular weight is 151 g/mol. The van der Waals surface area contributed by atoms with Crippen molar-refractivity contribution in [1.29, 1.82) is 0 Å². The molecule has 1 heterocycles. The van der Waals surface area contributed by atoms with Gasteiger partial charge in [-0.2, -0.15) is 0 Å². The molecule has 1 aromatic rings. The van der Waals surface area contributed by atoms with Gasteiger partial charge in [-0.15, -0.1) is 0 Å². The van der Waals surface area contributed by atoms with Crippen LogP contribution in [-0.4, -0.2) is 4.98 Å². The van der Waals surface area contributed by atoms with Crippen molar-refractivity contribution in [1.82, 2.24) is 4.98 Å². The lowest BCUT2D eigenvalue weighted by Gasteiger charge is -1.93. The van der Waals surface area contributed by atoms with Crippen molar-refractivity contribution in [2.45, 2.75) is 18.8 Å². The Morgan fingerprint density at radius 1 is 1.40 bits per heavy atom. The number of hydrogen-bond donors (Lipinski definition) is 1. The third kappa shape index (κ3) is 1.12. The lowest BCUT2D eigenvalue weighted by Crippen LogP contribution is -1.79. The quantitative estimate of drug-likeness (QED) is 0.610. The topological polar surface area (TPSA) is 15.8 Å². The molecule has 1 fully saturated rings. The molecule has 1 nitrogen and oxygen atoms in total. The summed E-state index contributed by atoms with van der Waals surface area (Å²) in [5.74, 6) is 0.826. The van der Waals surface area contributed by atoms with Crippen LogP contribution in [0.15, 0.2) is 18.3 Å². The third-order valence-corrected chi connectivity index (χ3v) is 2.11. The lowest BCUT2D eigenvalue weighted by molar-refractivity contribution is 1.09. The van der Waals surface area contributed by atoms with E-state index < -0.39 is 0 Å². The minimum Gasteiger partial charge on any atom is -0.353 e. The first kappa shape index (κ1) is 6.10. The van der Waals surface area contributed by atoms with Gasteiger partial charge in [0.05, 0.1) is 0 Å². The van der Waals surface area contributed by atoms with Crippen LogP contribution in [0, 0.1) is 4.64 Å². The molecule has 1 saturated carbocycles. The van der Waals surface area contributed by atoms with Gasteiger partial charge in [-0.05, 0) is 30.4 Å². The van der Waals surface area contributed by atoms with Gasteiger partial charge < -0.3 is 4.98 Å². The number of aromatic amines is 1. The van der Waals surface area contributed by atoms with Gasteiger partial charge in [0.25, 0.3) is 0 Å². The molecule has 0 atom stereocenters. The van der Waals surface area contributed by atoms with Crippen LogP contribution >= 0.6 is 12.2 Å². The molecule has 0 radical (unpaired) electrons. The number of rotatable bonds is 1. The van der Waals surface area contributed by atoms with E-state index in [9.17, 15) is 0 Å². The molecule has 0 spiro atoms. The number of H-pyrrole nitrogens is 1. The molecule has 0 amide bonds. The van der Waals surface area contributed by atoms with Crippen LogP contribution in [0.3, 0.4) is 0 Å². The summed E-state index contributed by atoms with van der Waals surface area (Å²) in [6.45, 7) is 0. The van der Waals surface area contributed by atoms with E-state index in [1.165, 1.54) is 18.4 Å². The molecule has 1 aromatic heterocycles. The minimum absolute atomic E-state index is 0.824. The van der Waals surface area contributed by atoms with E-state index in [2.05, 4.69) is 11.1 Å². The highest BCUT2D eigenvalue weighted by Gasteiger charge is 2.22. The second-order valence-corrected chi connectivity index (χ2v) is 3.20. The fourth-order valence-corrected chi connectivity index (χ4v) is 1.22. The Morgan fingerprint density at radius 3 is 2.70 bits per heavy atom. The molecule has 1 aliphatic carbocycles. The van der Waals surface area contributed by atoms with Crippen LogP contribution < -0.4 is 0 Å². The second-order valence-electron chi connectivity index (χ2n) is 2.76. The summed E-state index contributed by atoms with van der Waals surface area (Å²) in [5, 5.41) is 0. The Kier molecular flexibility index (Phi) is 1.34. The number of hydrogen-bond acceptors (Lipinski definition) is 1. The zero-order valence-corrected chi connectivity index (χ0v) is 6.45. The van der Waals surface area contributed by atoms with Gasteiger partial charge >= 0.3 is 0 Å². The molecule has 0 bridgehead atoms. The maximum atomic E-state index is 4.92. The highest BCUT2D eigenvalue weighted by atomic mass is 32.1. The van der Waals surface area contributed by atoms with Crippen molar-refractivity contribution >= 4 is 12.2 Å². The van der Waals surface area contributed by atoms with Gasteiger partial charge in [0, 0.05) is 6.20 Å². The van der Waals surface area contributed by atoms with Gasteiger partial charge in [-0.25, -0.2) is 0 Å². The summed E-state index contributed by atoms with van der Waals surface area (Å²) >= 11 is 4.92. The Labute approximate surface area is 65.1 Å². The SMILES string of the molecule is S=c1ccc(C2CC2)c[nH]1. The molecule has 2 rings (SSSR count). The van der Waals surface area contributed by atoms with Crippen LogP contribution in [-0.2, 0) is 0 Å². The molecule has 0 unspecified atom stereocenters. The fourth-order valence-electron chi connectivity index (χ4n) is 1.09. The second kappa shape index (κ2) is 2.20. The van der Waals surface area contributed by atoms with Gasteiger partial charge in [0.2, 0.25) is 0 Å². The summed E-state index contributed by atoms with van der Waals surface area (Å²) in [6.07, 6.45) is 4.73. The Morgan fingerprint density at radius 2 is 2.20 bits per heavy atom. The van der Waals surface area contributed by atoms with E-state index in [0.717, 1.165) is 10.6 Å². The van der Waals surface area contributed by atoms with E-state index in [1.807, 2.05) is 12.3 Å². The van der Waals surface area contributed by atoms with Crippen LogP contribution in [0.1, 0.15) is 24.3 Å². The van der Waals surface area contributed by atoms with E-state index in [1.54, 1.807) is 0 Å². The van der Waals surface area contributed by atoms with Crippen molar-refractivity contribution in [3.8, 4) is 0 Å². The van der Waals surface area contributed by atoms with E-state index in [4.69, 9.17) is 12.2 Å². The first-order valence-corrected chi connectivity index (χ1v) is 3.96. The van der Waals surface area contributed by atoms with E-state index >= 15 is 0 Å². The van der Waals surface area contributed by atoms with Crippen LogP contribution in [0.25, 0.3) is 0 Å². The van der Waals surface area contributed by atoms with Crippen molar-refractivity contribution in [2.24, 2.45) is 0 Å². The van der Waals surface area contributed by atoms with Gasteiger partial charge in [-0.1, -0.05) is 18.3 Å². The zero-order chi connectivity index (χ0) is 6.97. The minimum atomic E-state index is 0.824. The van der Waals surface area contributed by atoms with Gasteiger partial charge in [0.15, 0.2) is 0 Å². The molecule has 2 heteroatoms. The third-order valence-electron chi connectivity index (χ3n) is 1.86. The molecule has 52 valence electrons. The molecule has 0 aliphatic heterocycles. The molecular weight excluding hydrogens is 142 g/mol. The van der Waals surface area contributed by atoms with Crippen molar-refractivity contribution < 1.29 is 0 Å². The van der Waals surface area contributed by atoms with E-state index in [0.29, 0.717) is 0 Å². The van der Waals surface area contributed by atoms with Crippen molar-refractivity contribution in [2.75, 3.05) is 0 Å². The van der Waals surface area contributed by atoms with Gasteiger partial charge in [0.1, 0.15) is 4.64 Å². The average Bonchev–Trinajstić information content (AvgIpc) is 2.71. The number of aromatic nitrogens is 1. The first-order chi connectivity index (χ1) is 4.86. The monoisotopic (exact) mass is 151 g/mol. The summed E-state index contributed by atoms with van der Waals surface area (Å²) in [5.41, 5.74) is 1.41.